The molecule has 3 aliphatic rings. The van der Waals surface area contributed by atoms with Crippen molar-refractivity contribution in [2.24, 2.45) is 5.92 Å². The summed E-state index contributed by atoms with van der Waals surface area (Å²) in [7, 11) is 0. The molecule has 0 bridgehead atoms. The molecule has 0 radical (unpaired) electrons. The lowest BCUT2D eigenvalue weighted by Gasteiger charge is -2.29. The summed E-state index contributed by atoms with van der Waals surface area (Å²) in [6, 6.07) is 10.7. The molecular formula is C27H28N2. The average Bonchev–Trinajstić information content (AvgIpc) is 2.80. The summed E-state index contributed by atoms with van der Waals surface area (Å²) in [4.78, 5) is 7.13. The topological polar surface area (TPSA) is 16.1 Å². The van der Waals surface area contributed by atoms with Gasteiger partial charge in [-0.3, -0.25) is 4.98 Å². The van der Waals surface area contributed by atoms with E-state index in [4.69, 9.17) is 0 Å². The van der Waals surface area contributed by atoms with Crippen LogP contribution in [0.2, 0.25) is 0 Å². The smallest absolute Gasteiger partial charge is 0.0702 e. The Labute approximate surface area is 173 Å². The van der Waals surface area contributed by atoms with Gasteiger partial charge >= 0.3 is 0 Å². The molecule has 0 saturated carbocycles. The van der Waals surface area contributed by atoms with E-state index in [1.165, 1.54) is 40.5 Å². The molecule has 2 heteroatoms. The van der Waals surface area contributed by atoms with Gasteiger partial charge in [0.2, 0.25) is 0 Å². The molecule has 0 N–H and O–H groups in total. The largest absolute Gasteiger partial charge is 0.373 e. The van der Waals surface area contributed by atoms with E-state index >= 15 is 0 Å². The number of pyridine rings is 1. The third-order valence-electron chi connectivity index (χ3n) is 6.27. The highest BCUT2D eigenvalue weighted by atomic mass is 15.1. The van der Waals surface area contributed by atoms with Gasteiger partial charge in [0.15, 0.2) is 0 Å². The minimum Gasteiger partial charge on any atom is -0.373 e. The van der Waals surface area contributed by atoms with Crippen molar-refractivity contribution < 1.29 is 0 Å². The Morgan fingerprint density at radius 3 is 2.90 bits per heavy atom. The third kappa shape index (κ3) is 4.12. The first kappa shape index (κ1) is 18.2. The van der Waals surface area contributed by atoms with Gasteiger partial charge in [-0.1, -0.05) is 48.6 Å². The molecule has 2 heterocycles. The number of allylic oxidation sites excluding steroid dienone is 7. The molecule has 5 rings (SSSR count). The molecule has 0 amide bonds. The van der Waals surface area contributed by atoms with E-state index in [1.807, 2.05) is 0 Å². The molecule has 2 aromatic rings. The third-order valence-corrected chi connectivity index (χ3v) is 6.27. The molecule has 1 aromatic carbocycles. The van der Waals surface area contributed by atoms with E-state index in [0.29, 0.717) is 5.92 Å². The van der Waals surface area contributed by atoms with Crippen LogP contribution in [0.15, 0.2) is 90.3 Å². The minimum atomic E-state index is 0.613. The highest BCUT2D eigenvalue weighted by Crippen LogP contribution is 2.32. The quantitative estimate of drug-likeness (QED) is 0.567. The molecule has 2 nitrogen and oxygen atoms in total. The van der Waals surface area contributed by atoms with E-state index in [0.717, 1.165) is 37.9 Å². The normalized spacial score (nSPS) is 21.7. The van der Waals surface area contributed by atoms with Crippen LogP contribution >= 0.6 is 0 Å². The van der Waals surface area contributed by atoms with E-state index in [2.05, 4.69) is 89.1 Å². The second-order valence-corrected chi connectivity index (χ2v) is 8.33. The lowest BCUT2D eigenvalue weighted by Crippen LogP contribution is -2.27. The molecule has 1 aliphatic heterocycles. The molecule has 0 saturated heterocycles. The molecule has 29 heavy (non-hydrogen) atoms. The van der Waals surface area contributed by atoms with E-state index in [1.54, 1.807) is 0 Å². The van der Waals surface area contributed by atoms with Crippen molar-refractivity contribution in [1.29, 1.82) is 0 Å². The van der Waals surface area contributed by atoms with Crippen LogP contribution in [0.25, 0.3) is 16.5 Å². The second kappa shape index (κ2) is 8.24. The lowest BCUT2D eigenvalue weighted by molar-refractivity contribution is 0.344. The van der Waals surface area contributed by atoms with Crippen molar-refractivity contribution in [3.05, 3.63) is 95.9 Å². The number of aromatic nitrogens is 1. The number of fused-ring (bicyclic) bond motifs is 1. The molecule has 1 aromatic heterocycles. The fourth-order valence-electron chi connectivity index (χ4n) is 4.68. The summed E-state index contributed by atoms with van der Waals surface area (Å²) in [5, 5.41) is 1.23. The number of rotatable bonds is 4. The monoisotopic (exact) mass is 380 g/mol. The van der Waals surface area contributed by atoms with Gasteiger partial charge in [-0.05, 0) is 84.7 Å². The summed E-state index contributed by atoms with van der Waals surface area (Å²) < 4.78 is 0. The molecule has 1 atom stereocenters. The van der Waals surface area contributed by atoms with Crippen molar-refractivity contribution in [3.63, 3.8) is 0 Å². The highest BCUT2D eigenvalue weighted by Gasteiger charge is 2.18. The number of hydrogen-bond donors (Lipinski definition) is 0. The maximum Gasteiger partial charge on any atom is 0.0702 e. The second-order valence-electron chi connectivity index (χ2n) is 8.33. The highest BCUT2D eigenvalue weighted by molar-refractivity contribution is 5.82. The summed E-state index contributed by atoms with van der Waals surface area (Å²) in [5.74, 6) is 0.613. The van der Waals surface area contributed by atoms with Crippen LogP contribution in [-0.4, -0.2) is 23.0 Å². The zero-order valence-electron chi connectivity index (χ0n) is 16.9. The van der Waals surface area contributed by atoms with Gasteiger partial charge in [0.1, 0.15) is 0 Å². The zero-order valence-corrected chi connectivity index (χ0v) is 16.9. The van der Waals surface area contributed by atoms with Crippen molar-refractivity contribution in [1.82, 2.24) is 9.88 Å². The number of benzene rings is 1. The summed E-state index contributed by atoms with van der Waals surface area (Å²) in [6.07, 6.45) is 24.3. The number of nitrogens with zero attached hydrogens (tertiary/aromatic N) is 2. The van der Waals surface area contributed by atoms with Crippen LogP contribution in [0.5, 0.6) is 0 Å². The SMILES string of the molecule is C1=CCC(C2=CCN(CC3C=C(c4cnc5ccccc5c4)CCC3)C=C2)=CC1. The van der Waals surface area contributed by atoms with Crippen LogP contribution in [0.1, 0.15) is 37.7 Å². The molecule has 0 spiro atoms. The molecular weight excluding hydrogens is 352 g/mol. The fourth-order valence-corrected chi connectivity index (χ4v) is 4.68. The van der Waals surface area contributed by atoms with Gasteiger partial charge in [-0.15, -0.1) is 0 Å². The van der Waals surface area contributed by atoms with Gasteiger partial charge in [-0.25, -0.2) is 0 Å². The standard InChI is InChI=1S/C27H28N2/c1-2-8-22(9-3-1)23-13-15-29(16-14-23)20-21-7-6-11-24(17-21)26-18-25-10-4-5-12-27(25)28-19-26/h1-2,4-5,9-10,12-15,17-19,21H,3,6-8,11,16,20H2. The predicted octanol–water partition coefficient (Wildman–Crippen LogP) is 6.45. The van der Waals surface area contributed by atoms with Crippen molar-refractivity contribution in [2.75, 3.05) is 13.1 Å². The Morgan fingerprint density at radius 1 is 1.07 bits per heavy atom. The first-order valence-corrected chi connectivity index (χ1v) is 10.9. The van der Waals surface area contributed by atoms with Crippen LogP contribution < -0.4 is 0 Å². The molecule has 146 valence electrons. The first-order valence-electron chi connectivity index (χ1n) is 10.9. The Kier molecular flexibility index (Phi) is 5.17. The van der Waals surface area contributed by atoms with E-state index in [9.17, 15) is 0 Å². The van der Waals surface area contributed by atoms with Gasteiger partial charge in [0, 0.05) is 24.7 Å². The zero-order chi connectivity index (χ0) is 19.5. The number of para-hydroxylation sites is 1. The maximum absolute atomic E-state index is 4.67. The van der Waals surface area contributed by atoms with Gasteiger partial charge in [-0.2, -0.15) is 0 Å². The fraction of sp³-hybridized carbons (Fsp3) is 0.296. The van der Waals surface area contributed by atoms with Crippen molar-refractivity contribution in [2.45, 2.75) is 32.1 Å². The molecule has 0 fully saturated rings. The van der Waals surface area contributed by atoms with Gasteiger partial charge in [0.25, 0.3) is 0 Å². The van der Waals surface area contributed by atoms with Crippen molar-refractivity contribution in [3.8, 4) is 0 Å². The summed E-state index contributed by atoms with van der Waals surface area (Å²) in [5.41, 5.74) is 6.73. The Morgan fingerprint density at radius 2 is 2.03 bits per heavy atom. The first-order chi connectivity index (χ1) is 14.3. The van der Waals surface area contributed by atoms with Crippen LogP contribution in [0.4, 0.5) is 0 Å². The number of hydrogen-bond acceptors (Lipinski definition) is 2. The summed E-state index contributed by atoms with van der Waals surface area (Å²) >= 11 is 0. The average molecular weight is 381 g/mol. The lowest BCUT2D eigenvalue weighted by atomic mass is 9.87. The van der Waals surface area contributed by atoms with Gasteiger partial charge in [0.05, 0.1) is 5.52 Å². The van der Waals surface area contributed by atoms with Gasteiger partial charge < -0.3 is 4.90 Å². The van der Waals surface area contributed by atoms with Crippen LogP contribution in [-0.2, 0) is 0 Å². The summed E-state index contributed by atoms with van der Waals surface area (Å²) in [6.45, 7) is 2.12. The van der Waals surface area contributed by atoms with Crippen LogP contribution in [0, 0.1) is 5.92 Å². The minimum absolute atomic E-state index is 0.613. The Hall–Kier alpha value is -2.87. The molecule has 1 unspecified atom stereocenters. The van der Waals surface area contributed by atoms with E-state index < -0.39 is 0 Å². The van der Waals surface area contributed by atoms with Crippen molar-refractivity contribution >= 4 is 16.5 Å². The Bertz CT molecular complexity index is 1050. The predicted molar refractivity (Wildman–Crippen MR) is 122 cm³/mol. The Balaban J connectivity index is 1.26. The molecule has 2 aliphatic carbocycles. The maximum atomic E-state index is 4.67. The van der Waals surface area contributed by atoms with Crippen LogP contribution in [0.3, 0.4) is 0 Å². The van der Waals surface area contributed by atoms with E-state index in [-0.39, 0.29) is 0 Å².